The highest BCUT2D eigenvalue weighted by Gasteiger charge is 2.31. The van der Waals surface area contributed by atoms with Gasteiger partial charge in [0.05, 0.1) is 0 Å². The lowest BCUT2D eigenvalue weighted by Gasteiger charge is -2.31. The molecule has 0 spiro atoms. The van der Waals surface area contributed by atoms with Gasteiger partial charge in [-0.25, -0.2) is 0 Å². The maximum Gasteiger partial charge on any atom is 0.126 e. The van der Waals surface area contributed by atoms with Crippen molar-refractivity contribution in [2.45, 2.75) is 19.3 Å². The van der Waals surface area contributed by atoms with Crippen LogP contribution in [0.4, 0.5) is 0 Å². The molecule has 0 saturated carbocycles. The van der Waals surface area contributed by atoms with E-state index in [9.17, 15) is 9.00 Å². The standard InChI is InChI=1S/C9H16O2S2/c1-13(11)7-4-9(8-10)2-5-12-6-3-9/h8H,2-7H2,1H3. The molecule has 13 heavy (non-hydrogen) atoms. The summed E-state index contributed by atoms with van der Waals surface area (Å²) in [6.45, 7) is 0. The zero-order valence-electron chi connectivity index (χ0n) is 7.95. The van der Waals surface area contributed by atoms with Gasteiger partial charge in [0.15, 0.2) is 0 Å². The summed E-state index contributed by atoms with van der Waals surface area (Å²) in [4.78, 5) is 11.0. The third kappa shape index (κ3) is 3.43. The van der Waals surface area contributed by atoms with Gasteiger partial charge in [-0.2, -0.15) is 11.8 Å². The van der Waals surface area contributed by atoms with Crippen LogP contribution in [0.5, 0.6) is 0 Å². The van der Waals surface area contributed by atoms with E-state index in [-0.39, 0.29) is 5.41 Å². The molecule has 4 heteroatoms. The number of thioether (sulfide) groups is 1. The van der Waals surface area contributed by atoms with Gasteiger partial charge in [0.2, 0.25) is 0 Å². The lowest BCUT2D eigenvalue weighted by Crippen LogP contribution is -2.29. The summed E-state index contributed by atoms with van der Waals surface area (Å²) < 4.78 is 10.9. The van der Waals surface area contributed by atoms with E-state index in [1.54, 1.807) is 6.26 Å². The summed E-state index contributed by atoms with van der Waals surface area (Å²) in [5.41, 5.74) is -0.142. The number of aldehydes is 1. The topological polar surface area (TPSA) is 34.1 Å². The Morgan fingerprint density at radius 3 is 2.54 bits per heavy atom. The Bertz CT molecular complexity index is 198. The molecule has 0 bridgehead atoms. The van der Waals surface area contributed by atoms with Gasteiger partial charge in [-0.1, -0.05) is 0 Å². The van der Waals surface area contributed by atoms with Crippen molar-refractivity contribution in [1.82, 2.24) is 0 Å². The van der Waals surface area contributed by atoms with Crippen LogP contribution in [0.1, 0.15) is 19.3 Å². The molecule has 1 atom stereocenters. The quantitative estimate of drug-likeness (QED) is 0.673. The molecule has 1 unspecified atom stereocenters. The van der Waals surface area contributed by atoms with Gasteiger partial charge in [0, 0.05) is 28.2 Å². The first kappa shape index (κ1) is 11.2. The van der Waals surface area contributed by atoms with Crippen LogP contribution in [-0.2, 0) is 15.6 Å². The SMILES string of the molecule is CS(=O)CCC1(C=O)CCSCC1. The minimum Gasteiger partial charge on any atom is -0.303 e. The molecule has 0 aromatic heterocycles. The van der Waals surface area contributed by atoms with Crippen molar-refractivity contribution in [1.29, 1.82) is 0 Å². The Balaban J connectivity index is 2.47. The van der Waals surface area contributed by atoms with Crippen LogP contribution >= 0.6 is 11.8 Å². The first-order valence-corrected chi connectivity index (χ1v) is 7.41. The minimum absolute atomic E-state index is 0.142. The van der Waals surface area contributed by atoms with E-state index < -0.39 is 10.8 Å². The zero-order chi connectivity index (χ0) is 9.73. The Hall–Kier alpha value is 0.170. The van der Waals surface area contributed by atoms with Gasteiger partial charge in [-0.05, 0) is 30.8 Å². The highest BCUT2D eigenvalue weighted by atomic mass is 32.2. The zero-order valence-corrected chi connectivity index (χ0v) is 9.59. The number of hydrogen-bond acceptors (Lipinski definition) is 3. The maximum atomic E-state index is 11.0. The van der Waals surface area contributed by atoms with E-state index in [0.29, 0.717) is 5.75 Å². The van der Waals surface area contributed by atoms with Crippen molar-refractivity contribution in [3.8, 4) is 0 Å². The second kappa shape index (κ2) is 5.15. The lowest BCUT2D eigenvalue weighted by atomic mass is 9.81. The second-order valence-corrected chi connectivity index (χ2v) is 6.40. The van der Waals surface area contributed by atoms with Crippen molar-refractivity contribution < 1.29 is 9.00 Å². The van der Waals surface area contributed by atoms with Gasteiger partial charge >= 0.3 is 0 Å². The molecule has 1 aliphatic rings. The molecular formula is C9H16O2S2. The molecule has 0 aromatic carbocycles. The first-order valence-electron chi connectivity index (χ1n) is 4.53. The lowest BCUT2D eigenvalue weighted by molar-refractivity contribution is -0.116. The van der Waals surface area contributed by atoms with Crippen molar-refractivity contribution in [3.63, 3.8) is 0 Å². The van der Waals surface area contributed by atoms with Crippen LogP contribution in [0, 0.1) is 5.41 Å². The normalized spacial score (nSPS) is 23.8. The second-order valence-electron chi connectivity index (χ2n) is 3.62. The van der Waals surface area contributed by atoms with Crippen LogP contribution in [0.25, 0.3) is 0 Å². The van der Waals surface area contributed by atoms with Crippen molar-refractivity contribution in [2.75, 3.05) is 23.5 Å². The van der Waals surface area contributed by atoms with E-state index >= 15 is 0 Å². The van der Waals surface area contributed by atoms with E-state index in [1.165, 1.54) is 0 Å². The summed E-state index contributed by atoms with van der Waals surface area (Å²) in [6, 6.07) is 0. The van der Waals surface area contributed by atoms with E-state index in [0.717, 1.165) is 37.1 Å². The molecule has 0 radical (unpaired) electrons. The molecule has 1 heterocycles. The fourth-order valence-corrected chi connectivity index (χ4v) is 3.55. The van der Waals surface area contributed by atoms with Crippen LogP contribution in [0.2, 0.25) is 0 Å². The third-order valence-electron chi connectivity index (χ3n) is 2.63. The summed E-state index contributed by atoms with van der Waals surface area (Å²) >= 11 is 1.91. The Kier molecular flexibility index (Phi) is 4.46. The highest BCUT2D eigenvalue weighted by molar-refractivity contribution is 7.99. The van der Waals surface area contributed by atoms with Crippen molar-refractivity contribution in [2.24, 2.45) is 5.41 Å². The van der Waals surface area contributed by atoms with E-state index in [2.05, 4.69) is 0 Å². The summed E-state index contributed by atoms with van der Waals surface area (Å²) in [6.07, 6.45) is 5.55. The average Bonchev–Trinajstić information content (AvgIpc) is 2.16. The highest BCUT2D eigenvalue weighted by Crippen LogP contribution is 2.36. The fraction of sp³-hybridized carbons (Fsp3) is 0.889. The Labute approximate surface area is 86.3 Å². The minimum atomic E-state index is -0.760. The van der Waals surface area contributed by atoms with Crippen LogP contribution in [0.3, 0.4) is 0 Å². The predicted molar refractivity (Wildman–Crippen MR) is 58.6 cm³/mol. The molecular weight excluding hydrogens is 204 g/mol. The number of carbonyl (C=O) groups excluding carboxylic acids is 1. The Morgan fingerprint density at radius 1 is 1.46 bits per heavy atom. The monoisotopic (exact) mass is 220 g/mol. The molecule has 0 amide bonds. The molecule has 0 aliphatic carbocycles. The molecule has 76 valence electrons. The van der Waals surface area contributed by atoms with E-state index in [1.807, 2.05) is 11.8 Å². The molecule has 0 aromatic rings. The molecule has 1 rings (SSSR count). The number of carbonyl (C=O) groups is 1. The molecule has 0 N–H and O–H groups in total. The van der Waals surface area contributed by atoms with E-state index in [4.69, 9.17) is 0 Å². The van der Waals surface area contributed by atoms with Gasteiger partial charge in [-0.3, -0.25) is 4.21 Å². The van der Waals surface area contributed by atoms with Gasteiger partial charge < -0.3 is 4.79 Å². The summed E-state index contributed by atoms with van der Waals surface area (Å²) in [5.74, 6) is 2.83. The van der Waals surface area contributed by atoms with Gasteiger partial charge in [-0.15, -0.1) is 0 Å². The molecule has 1 aliphatic heterocycles. The van der Waals surface area contributed by atoms with Crippen LogP contribution < -0.4 is 0 Å². The van der Waals surface area contributed by atoms with Crippen LogP contribution in [-0.4, -0.2) is 34.0 Å². The summed E-state index contributed by atoms with van der Waals surface area (Å²) in [5, 5.41) is 0. The maximum absolute atomic E-state index is 11.0. The predicted octanol–water partition coefficient (Wildman–Crippen LogP) is 1.47. The van der Waals surface area contributed by atoms with Crippen molar-refractivity contribution in [3.05, 3.63) is 0 Å². The molecule has 2 nitrogen and oxygen atoms in total. The largest absolute Gasteiger partial charge is 0.303 e. The van der Waals surface area contributed by atoms with Gasteiger partial charge in [0.25, 0.3) is 0 Å². The van der Waals surface area contributed by atoms with Crippen molar-refractivity contribution >= 4 is 28.8 Å². The number of hydrogen-bond donors (Lipinski definition) is 0. The molecule has 1 fully saturated rings. The summed E-state index contributed by atoms with van der Waals surface area (Å²) in [7, 11) is -0.760. The number of rotatable bonds is 4. The first-order chi connectivity index (χ1) is 6.18. The van der Waals surface area contributed by atoms with Crippen LogP contribution in [0.15, 0.2) is 0 Å². The third-order valence-corrected chi connectivity index (χ3v) is 4.39. The van der Waals surface area contributed by atoms with Gasteiger partial charge in [0.1, 0.15) is 6.29 Å². The smallest absolute Gasteiger partial charge is 0.126 e. The Morgan fingerprint density at radius 2 is 2.08 bits per heavy atom. The molecule has 1 saturated heterocycles. The fourth-order valence-electron chi connectivity index (χ4n) is 1.55. The average molecular weight is 220 g/mol.